The van der Waals surface area contributed by atoms with Gasteiger partial charge >= 0.3 is 0 Å². The molecule has 0 bridgehead atoms. The van der Waals surface area contributed by atoms with Crippen LogP contribution >= 0.6 is 0 Å². The highest BCUT2D eigenvalue weighted by atomic mass is 15.0. The van der Waals surface area contributed by atoms with E-state index in [1.807, 2.05) is 0 Å². The second kappa shape index (κ2) is 10.8. The van der Waals surface area contributed by atoms with Crippen molar-refractivity contribution in [2.75, 3.05) is 0 Å². The first-order chi connectivity index (χ1) is 19.6. The van der Waals surface area contributed by atoms with Gasteiger partial charge in [-0.1, -0.05) is 90.1 Å². The van der Waals surface area contributed by atoms with E-state index in [0.29, 0.717) is 29.6 Å². The minimum atomic E-state index is -0.770. The molecule has 4 atom stereocenters. The number of allylic oxidation sites excluding steroid dienone is 17. The topological polar surface area (TPSA) is 52.0 Å². The van der Waals surface area contributed by atoms with Crippen LogP contribution in [0.4, 0.5) is 0 Å². The Morgan fingerprint density at radius 2 is 1.65 bits per heavy atom. The Kier molecular flexibility index (Phi) is 7.13. The molecule has 1 fully saturated rings. The molecule has 4 N–H and O–H groups in total. The molecule has 3 unspecified atom stereocenters. The fourth-order valence-corrected chi connectivity index (χ4v) is 9.65. The van der Waals surface area contributed by atoms with Gasteiger partial charge in [0.25, 0.3) is 0 Å². The van der Waals surface area contributed by atoms with Crippen molar-refractivity contribution < 1.29 is 0 Å². The minimum absolute atomic E-state index is 0.299. The lowest BCUT2D eigenvalue weighted by atomic mass is 9.48. The molecular formula is C38H48N2. The first kappa shape index (κ1) is 26.5. The SMILES string of the molecule is NC(N)(C1CCC(C2=CC=CCC2)CC1)[C@]1(CC2=CCCC3=C2C=CCC3)C=C2C=CC=CC2C2CCC=CC21. The van der Waals surface area contributed by atoms with Crippen LogP contribution in [0.5, 0.6) is 0 Å². The van der Waals surface area contributed by atoms with Gasteiger partial charge in [0.05, 0.1) is 5.66 Å². The molecule has 7 aliphatic rings. The van der Waals surface area contributed by atoms with Crippen LogP contribution in [0.15, 0.2) is 107 Å². The summed E-state index contributed by atoms with van der Waals surface area (Å²) in [6, 6.07) is 0. The Bertz CT molecular complexity index is 1280. The van der Waals surface area contributed by atoms with Crippen LogP contribution in [-0.2, 0) is 0 Å². The summed E-state index contributed by atoms with van der Waals surface area (Å²) in [4.78, 5) is 0. The Labute approximate surface area is 242 Å². The third-order valence-electron chi connectivity index (χ3n) is 11.8. The van der Waals surface area contributed by atoms with E-state index in [4.69, 9.17) is 11.5 Å². The number of hydrogen-bond donors (Lipinski definition) is 2. The first-order valence-electron chi connectivity index (χ1n) is 16.3. The summed E-state index contributed by atoms with van der Waals surface area (Å²) in [5.74, 6) is 2.44. The van der Waals surface area contributed by atoms with Crippen LogP contribution in [0.2, 0.25) is 0 Å². The summed E-state index contributed by atoms with van der Waals surface area (Å²) in [6.45, 7) is 0. The third kappa shape index (κ3) is 4.47. The average Bonchev–Trinajstić information content (AvgIpc) is 3.02. The van der Waals surface area contributed by atoms with Crippen molar-refractivity contribution in [2.45, 2.75) is 89.1 Å². The fourth-order valence-electron chi connectivity index (χ4n) is 9.65. The van der Waals surface area contributed by atoms with Crippen LogP contribution in [0.3, 0.4) is 0 Å². The van der Waals surface area contributed by atoms with Crippen molar-refractivity contribution in [1.29, 1.82) is 0 Å². The largest absolute Gasteiger partial charge is 0.313 e. The molecular weight excluding hydrogens is 484 g/mol. The molecule has 0 aromatic heterocycles. The molecule has 1 saturated carbocycles. The summed E-state index contributed by atoms with van der Waals surface area (Å²) in [7, 11) is 0. The van der Waals surface area contributed by atoms with Crippen LogP contribution in [-0.4, -0.2) is 5.66 Å². The van der Waals surface area contributed by atoms with Gasteiger partial charge < -0.3 is 11.5 Å². The molecule has 0 amide bonds. The van der Waals surface area contributed by atoms with Gasteiger partial charge in [-0.25, -0.2) is 0 Å². The van der Waals surface area contributed by atoms with Gasteiger partial charge in [0, 0.05) is 11.3 Å². The molecule has 0 aromatic rings. The Morgan fingerprint density at radius 1 is 0.800 bits per heavy atom. The summed E-state index contributed by atoms with van der Waals surface area (Å²) >= 11 is 0. The zero-order chi connectivity index (χ0) is 27.2. The summed E-state index contributed by atoms with van der Waals surface area (Å²) in [5, 5.41) is 0. The van der Waals surface area contributed by atoms with Crippen LogP contribution in [0.1, 0.15) is 83.5 Å². The van der Waals surface area contributed by atoms with Crippen molar-refractivity contribution in [1.82, 2.24) is 0 Å². The van der Waals surface area contributed by atoms with Crippen molar-refractivity contribution in [3.63, 3.8) is 0 Å². The first-order valence-corrected chi connectivity index (χ1v) is 16.3. The fraction of sp³-hybridized carbons (Fsp3) is 0.526. The smallest absolute Gasteiger partial charge is 0.0768 e. The zero-order valence-electron chi connectivity index (χ0n) is 24.2. The van der Waals surface area contributed by atoms with Crippen molar-refractivity contribution in [2.24, 2.45) is 46.5 Å². The molecule has 0 saturated heterocycles. The molecule has 2 heteroatoms. The van der Waals surface area contributed by atoms with Gasteiger partial charge in [-0.15, -0.1) is 0 Å². The van der Waals surface area contributed by atoms with Crippen molar-refractivity contribution in [3.05, 3.63) is 107 Å². The van der Waals surface area contributed by atoms with Crippen molar-refractivity contribution in [3.8, 4) is 0 Å². The Hall–Kier alpha value is -2.42. The summed E-state index contributed by atoms with van der Waals surface area (Å²) < 4.78 is 0. The summed E-state index contributed by atoms with van der Waals surface area (Å²) in [6.07, 6.45) is 46.4. The van der Waals surface area contributed by atoms with Gasteiger partial charge in [-0.2, -0.15) is 0 Å². The second-order valence-corrected chi connectivity index (χ2v) is 13.7. The quantitative estimate of drug-likeness (QED) is 0.275. The second-order valence-electron chi connectivity index (χ2n) is 13.7. The number of fused-ring (bicyclic) bond motifs is 3. The molecule has 7 rings (SSSR count). The van der Waals surface area contributed by atoms with Crippen LogP contribution < -0.4 is 11.5 Å². The number of hydrogen-bond acceptors (Lipinski definition) is 2. The maximum absolute atomic E-state index is 7.71. The Morgan fingerprint density at radius 3 is 2.50 bits per heavy atom. The lowest BCUT2D eigenvalue weighted by Crippen LogP contribution is -2.70. The van der Waals surface area contributed by atoms with Crippen LogP contribution in [0, 0.1) is 35.0 Å². The highest BCUT2D eigenvalue weighted by Crippen LogP contribution is 2.60. The van der Waals surface area contributed by atoms with E-state index < -0.39 is 5.66 Å². The number of rotatable bonds is 5. The lowest BCUT2D eigenvalue weighted by Gasteiger charge is -2.59. The van der Waals surface area contributed by atoms with Crippen molar-refractivity contribution >= 4 is 0 Å². The van der Waals surface area contributed by atoms with Gasteiger partial charge in [-0.05, 0) is 124 Å². The molecule has 210 valence electrons. The normalized spacial score (nSPS) is 36.9. The lowest BCUT2D eigenvalue weighted by molar-refractivity contribution is 0.00480. The maximum Gasteiger partial charge on any atom is 0.0768 e. The monoisotopic (exact) mass is 532 g/mol. The van der Waals surface area contributed by atoms with Gasteiger partial charge in [0.1, 0.15) is 0 Å². The van der Waals surface area contributed by atoms with E-state index in [0.717, 1.165) is 32.1 Å². The van der Waals surface area contributed by atoms with E-state index in [2.05, 4.69) is 79.0 Å². The molecule has 0 spiro atoms. The summed E-state index contributed by atoms with van der Waals surface area (Å²) in [5.41, 5.74) is 22.1. The van der Waals surface area contributed by atoms with E-state index >= 15 is 0 Å². The average molecular weight is 533 g/mol. The molecule has 0 aliphatic heterocycles. The van der Waals surface area contributed by atoms with Gasteiger partial charge in [-0.3, -0.25) is 0 Å². The van der Waals surface area contributed by atoms with Gasteiger partial charge in [0.2, 0.25) is 0 Å². The van der Waals surface area contributed by atoms with E-state index in [9.17, 15) is 0 Å². The zero-order valence-corrected chi connectivity index (χ0v) is 24.2. The molecule has 0 radical (unpaired) electrons. The standard InChI is InChI=1S/C38H48N2/c39-38(40,32-23-21-28(22-24-32)27-11-2-1-3-12-27)37(25-30-16-10-15-29-13-4-6-17-33(29)30)26-31-14-5-7-18-34(31)35-19-8-9-20-36(35)37/h1-2,5-7,9,11,14,16-18,20,26,28,32,34-36H,3-4,8,10,12-13,15,19,21-25,39-40H2/t28?,32?,34?,35?,36?,37-/m1/s1. The maximum atomic E-state index is 7.71. The molecule has 0 heterocycles. The minimum Gasteiger partial charge on any atom is -0.313 e. The number of nitrogens with two attached hydrogens (primary N) is 2. The molecule has 7 aliphatic carbocycles. The van der Waals surface area contributed by atoms with E-state index in [1.54, 1.807) is 11.1 Å². The highest BCUT2D eigenvalue weighted by molar-refractivity contribution is 5.51. The highest BCUT2D eigenvalue weighted by Gasteiger charge is 2.59. The molecule has 2 nitrogen and oxygen atoms in total. The van der Waals surface area contributed by atoms with Gasteiger partial charge in [0.15, 0.2) is 0 Å². The molecule has 40 heavy (non-hydrogen) atoms. The predicted molar refractivity (Wildman–Crippen MR) is 168 cm³/mol. The van der Waals surface area contributed by atoms with Crippen LogP contribution in [0.25, 0.3) is 0 Å². The third-order valence-corrected chi connectivity index (χ3v) is 11.8. The van der Waals surface area contributed by atoms with E-state index in [1.165, 1.54) is 68.1 Å². The predicted octanol–water partition coefficient (Wildman–Crippen LogP) is 8.69. The molecule has 0 aromatic carbocycles. The van der Waals surface area contributed by atoms with E-state index in [-0.39, 0.29) is 5.41 Å². The Balaban J connectivity index is 1.29.